The minimum atomic E-state index is -0.155. The summed E-state index contributed by atoms with van der Waals surface area (Å²) in [6, 6.07) is 25.6. The summed E-state index contributed by atoms with van der Waals surface area (Å²) in [5, 5.41) is 11.3. The van der Waals surface area contributed by atoms with Crippen molar-refractivity contribution in [2.75, 3.05) is 14.2 Å². The number of nitrogens with zero attached hydrogens (tertiary/aromatic N) is 2. The number of nitrogens with one attached hydrogen (secondary N) is 1. The Morgan fingerprint density at radius 1 is 0.788 bits per heavy atom. The number of ether oxygens (including phenoxy) is 3. The highest BCUT2D eigenvalue weighted by atomic mass is 16.5. The van der Waals surface area contributed by atoms with Crippen molar-refractivity contribution in [2.45, 2.75) is 6.54 Å². The molecule has 1 aromatic heterocycles. The standard InChI is InChI=1S/C26H23N3O4/c1-31-21-6-3-5-18(15-21)17-27-26(30)20-11-9-19(10-12-20)24-13-14-25(29-28-24)33-23-8-4-7-22(16-23)32-2/h3-16H,17H2,1-2H3,(H,27,30). The topological polar surface area (TPSA) is 82.6 Å². The number of carbonyl (C=O) groups excluding carboxylic acids is 1. The summed E-state index contributed by atoms with van der Waals surface area (Å²) < 4.78 is 16.1. The van der Waals surface area contributed by atoms with Crippen molar-refractivity contribution in [3.8, 4) is 34.4 Å². The SMILES string of the molecule is COc1cccc(CNC(=O)c2ccc(-c3ccc(Oc4cccc(OC)c4)nn3)cc2)c1. The third-order valence-corrected chi connectivity index (χ3v) is 4.93. The highest BCUT2D eigenvalue weighted by Crippen LogP contribution is 2.25. The van der Waals surface area contributed by atoms with E-state index in [1.54, 1.807) is 38.5 Å². The largest absolute Gasteiger partial charge is 0.497 e. The Balaban J connectivity index is 1.37. The molecule has 0 unspecified atom stereocenters. The first-order valence-corrected chi connectivity index (χ1v) is 10.3. The molecule has 1 amide bonds. The first-order chi connectivity index (χ1) is 16.1. The normalized spacial score (nSPS) is 10.4. The van der Waals surface area contributed by atoms with Gasteiger partial charge in [0.1, 0.15) is 17.2 Å². The van der Waals surface area contributed by atoms with E-state index in [1.807, 2.05) is 60.7 Å². The molecule has 1 N–H and O–H groups in total. The number of hydrogen-bond donors (Lipinski definition) is 1. The van der Waals surface area contributed by atoms with Crippen LogP contribution in [0.4, 0.5) is 0 Å². The number of rotatable bonds is 8. The lowest BCUT2D eigenvalue weighted by atomic mass is 10.1. The van der Waals surface area contributed by atoms with Gasteiger partial charge in [-0.15, -0.1) is 10.2 Å². The predicted molar refractivity (Wildman–Crippen MR) is 125 cm³/mol. The molecule has 0 atom stereocenters. The average molecular weight is 441 g/mol. The van der Waals surface area contributed by atoms with E-state index in [9.17, 15) is 4.79 Å². The Labute approximate surface area is 192 Å². The van der Waals surface area contributed by atoms with Gasteiger partial charge in [-0.1, -0.05) is 30.3 Å². The van der Waals surface area contributed by atoms with Gasteiger partial charge in [0.2, 0.25) is 5.88 Å². The van der Waals surface area contributed by atoms with Crippen LogP contribution in [-0.2, 0) is 6.54 Å². The van der Waals surface area contributed by atoms with E-state index in [0.717, 1.165) is 16.9 Å². The summed E-state index contributed by atoms with van der Waals surface area (Å²) >= 11 is 0. The average Bonchev–Trinajstić information content (AvgIpc) is 2.88. The molecule has 3 aromatic carbocycles. The van der Waals surface area contributed by atoms with E-state index < -0.39 is 0 Å². The Bertz CT molecular complexity index is 1230. The van der Waals surface area contributed by atoms with Crippen molar-refractivity contribution in [1.82, 2.24) is 15.5 Å². The Morgan fingerprint density at radius 2 is 1.48 bits per heavy atom. The number of amides is 1. The molecule has 0 bridgehead atoms. The van der Waals surface area contributed by atoms with Crippen LogP contribution in [0, 0.1) is 0 Å². The van der Waals surface area contributed by atoms with Crippen LogP contribution in [0.5, 0.6) is 23.1 Å². The number of aromatic nitrogens is 2. The minimum absolute atomic E-state index is 0.155. The van der Waals surface area contributed by atoms with Gasteiger partial charge in [0.15, 0.2) is 0 Å². The number of methoxy groups -OCH3 is 2. The Hall–Kier alpha value is -4.39. The zero-order valence-corrected chi connectivity index (χ0v) is 18.3. The third-order valence-electron chi connectivity index (χ3n) is 4.93. The van der Waals surface area contributed by atoms with Gasteiger partial charge in [0.05, 0.1) is 19.9 Å². The van der Waals surface area contributed by atoms with Gasteiger partial charge in [0.25, 0.3) is 5.91 Å². The maximum absolute atomic E-state index is 12.5. The zero-order valence-electron chi connectivity index (χ0n) is 18.3. The lowest BCUT2D eigenvalue weighted by Crippen LogP contribution is -2.22. The highest BCUT2D eigenvalue weighted by Gasteiger charge is 2.08. The van der Waals surface area contributed by atoms with Crippen LogP contribution in [0.25, 0.3) is 11.3 Å². The van der Waals surface area contributed by atoms with Gasteiger partial charge in [-0.3, -0.25) is 4.79 Å². The molecular formula is C26H23N3O4. The quantitative estimate of drug-likeness (QED) is 0.420. The molecule has 0 aliphatic heterocycles. The van der Waals surface area contributed by atoms with E-state index in [2.05, 4.69) is 15.5 Å². The molecule has 0 aliphatic rings. The van der Waals surface area contributed by atoms with Gasteiger partial charge < -0.3 is 19.5 Å². The number of hydrogen-bond acceptors (Lipinski definition) is 6. The first-order valence-electron chi connectivity index (χ1n) is 10.3. The Kier molecular flexibility index (Phi) is 6.80. The second-order valence-corrected chi connectivity index (χ2v) is 7.15. The minimum Gasteiger partial charge on any atom is -0.497 e. The van der Waals surface area contributed by atoms with Crippen LogP contribution in [0.15, 0.2) is 84.9 Å². The predicted octanol–water partition coefficient (Wildman–Crippen LogP) is 4.88. The molecule has 0 saturated carbocycles. The first kappa shape index (κ1) is 21.8. The second kappa shape index (κ2) is 10.3. The molecule has 0 radical (unpaired) electrons. The summed E-state index contributed by atoms with van der Waals surface area (Å²) in [5.41, 5.74) is 3.05. The van der Waals surface area contributed by atoms with Crippen molar-refractivity contribution in [2.24, 2.45) is 0 Å². The fourth-order valence-electron chi connectivity index (χ4n) is 3.17. The number of carbonyl (C=O) groups is 1. The van der Waals surface area contributed by atoms with Crippen molar-refractivity contribution in [3.05, 3.63) is 96.1 Å². The maximum Gasteiger partial charge on any atom is 0.251 e. The fourth-order valence-corrected chi connectivity index (χ4v) is 3.17. The van der Waals surface area contributed by atoms with E-state index >= 15 is 0 Å². The van der Waals surface area contributed by atoms with E-state index in [1.165, 1.54) is 0 Å². The maximum atomic E-state index is 12.5. The van der Waals surface area contributed by atoms with Crippen molar-refractivity contribution < 1.29 is 19.0 Å². The summed E-state index contributed by atoms with van der Waals surface area (Å²) in [5.74, 6) is 2.29. The Morgan fingerprint density at radius 3 is 2.18 bits per heavy atom. The van der Waals surface area contributed by atoms with Crippen LogP contribution in [0.2, 0.25) is 0 Å². The molecule has 33 heavy (non-hydrogen) atoms. The van der Waals surface area contributed by atoms with Crippen molar-refractivity contribution >= 4 is 5.91 Å². The van der Waals surface area contributed by atoms with Crippen molar-refractivity contribution in [3.63, 3.8) is 0 Å². The monoisotopic (exact) mass is 441 g/mol. The molecular weight excluding hydrogens is 418 g/mol. The summed E-state index contributed by atoms with van der Waals surface area (Å²) in [6.45, 7) is 0.415. The molecule has 0 spiro atoms. The molecule has 1 heterocycles. The van der Waals surface area contributed by atoms with E-state index in [4.69, 9.17) is 14.2 Å². The molecule has 166 valence electrons. The van der Waals surface area contributed by atoms with Gasteiger partial charge >= 0.3 is 0 Å². The molecule has 4 aromatic rings. The van der Waals surface area contributed by atoms with Crippen LogP contribution < -0.4 is 19.5 Å². The van der Waals surface area contributed by atoms with Gasteiger partial charge in [-0.25, -0.2) is 0 Å². The molecule has 0 fully saturated rings. The molecule has 4 rings (SSSR count). The van der Waals surface area contributed by atoms with E-state index in [-0.39, 0.29) is 5.91 Å². The van der Waals surface area contributed by atoms with Crippen LogP contribution >= 0.6 is 0 Å². The second-order valence-electron chi connectivity index (χ2n) is 7.15. The van der Waals surface area contributed by atoms with Crippen LogP contribution in [0.1, 0.15) is 15.9 Å². The zero-order chi connectivity index (χ0) is 23.0. The molecule has 7 heteroatoms. The lowest BCUT2D eigenvalue weighted by Gasteiger charge is -2.08. The van der Waals surface area contributed by atoms with Gasteiger partial charge in [-0.2, -0.15) is 0 Å². The molecule has 0 aliphatic carbocycles. The molecule has 7 nitrogen and oxygen atoms in total. The smallest absolute Gasteiger partial charge is 0.251 e. The van der Waals surface area contributed by atoms with Crippen LogP contribution in [0.3, 0.4) is 0 Å². The summed E-state index contributed by atoms with van der Waals surface area (Å²) in [4.78, 5) is 12.5. The molecule has 0 saturated heterocycles. The fraction of sp³-hybridized carbons (Fsp3) is 0.115. The summed E-state index contributed by atoms with van der Waals surface area (Å²) in [6.07, 6.45) is 0. The summed E-state index contributed by atoms with van der Waals surface area (Å²) in [7, 11) is 3.22. The highest BCUT2D eigenvalue weighted by molar-refractivity contribution is 5.94. The van der Waals surface area contributed by atoms with E-state index in [0.29, 0.717) is 35.2 Å². The number of benzene rings is 3. The van der Waals surface area contributed by atoms with Crippen LogP contribution in [-0.4, -0.2) is 30.3 Å². The van der Waals surface area contributed by atoms with Gasteiger partial charge in [-0.05, 0) is 48.0 Å². The van der Waals surface area contributed by atoms with Crippen molar-refractivity contribution in [1.29, 1.82) is 0 Å². The third kappa shape index (κ3) is 5.65. The lowest BCUT2D eigenvalue weighted by molar-refractivity contribution is 0.0951. The van der Waals surface area contributed by atoms with Gasteiger partial charge in [0, 0.05) is 29.8 Å².